The van der Waals surface area contributed by atoms with E-state index in [4.69, 9.17) is 32.8 Å². The third kappa shape index (κ3) is 4.85. The Morgan fingerprint density at radius 1 is 0.763 bits per heavy atom. The van der Waals surface area contributed by atoms with Crippen LogP contribution in [0.15, 0.2) is 46.9 Å². The zero-order valence-corrected chi connectivity index (χ0v) is 21.7. The van der Waals surface area contributed by atoms with Crippen LogP contribution in [0.25, 0.3) is 22.7 Å². The van der Waals surface area contributed by atoms with Gasteiger partial charge >= 0.3 is 0 Å². The summed E-state index contributed by atoms with van der Waals surface area (Å²) in [6, 6.07) is 11.4. The summed E-state index contributed by atoms with van der Waals surface area (Å²) in [4.78, 5) is 15.2. The lowest BCUT2D eigenvalue weighted by Gasteiger charge is -2.18. The molecule has 3 aromatic carbocycles. The van der Waals surface area contributed by atoms with Crippen LogP contribution in [0.2, 0.25) is 0 Å². The van der Waals surface area contributed by atoms with E-state index in [-0.39, 0.29) is 11.6 Å². The molecule has 198 valence electrons. The highest BCUT2D eigenvalue weighted by Crippen LogP contribution is 2.45. The van der Waals surface area contributed by atoms with E-state index < -0.39 is 4.92 Å². The van der Waals surface area contributed by atoms with Crippen molar-refractivity contribution in [1.29, 1.82) is 0 Å². The maximum Gasteiger partial charge on any atom is 0.271 e. The molecule has 0 fully saturated rings. The van der Waals surface area contributed by atoms with E-state index >= 15 is 0 Å². The van der Waals surface area contributed by atoms with Gasteiger partial charge < -0.3 is 32.8 Å². The quantitative estimate of drug-likeness (QED) is 0.198. The number of benzene rings is 3. The van der Waals surface area contributed by atoms with Gasteiger partial charge in [-0.3, -0.25) is 10.1 Å². The van der Waals surface area contributed by atoms with E-state index in [0.29, 0.717) is 62.3 Å². The molecule has 4 rings (SSSR count). The van der Waals surface area contributed by atoms with Crippen LogP contribution in [-0.2, 0) is 0 Å². The summed E-state index contributed by atoms with van der Waals surface area (Å²) in [5, 5.41) is 11.2. The zero-order chi connectivity index (χ0) is 27.4. The third-order valence-corrected chi connectivity index (χ3v) is 5.82. The zero-order valence-electron chi connectivity index (χ0n) is 21.7. The number of hydrogen-bond donors (Lipinski definition) is 0. The second-order valence-electron chi connectivity index (χ2n) is 7.85. The topological polar surface area (TPSA) is 125 Å². The minimum Gasteiger partial charge on any atom is -0.493 e. The first kappa shape index (κ1) is 26.1. The molecular formula is C27H26N2O9. The molecule has 0 saturated carbocycles. The van der Waals surface area contributed by atoms with Gasteiger partial charge in [0.1, 0.15) is 5.52 Å². The summed E-state index contributed by atoms with van der Waals surface area (Å²) in [6.07, 6.45) is 1.70. The number of nitro benzene ring substituents is 1. The molecule has 0 unspecified atom stereocenters. The van der Waals surface area contributed by atoms with Crippen molar-refractivity contribution in [1.82, 2.24) is 4.98 Å². The summed E-state index contributed by atoms with van der Waals surface area (Å²) in [7, 11) is 9.14. The van der Waals surface area contributed by atoms with Crippen LogP contribution < -0.4 is 28.4 Å². The van der Waals surface area contributed by atoms with Gasteiger partial charge in [-0.25, -0.2) is 4.98 Å². The molecule has 0 amide bonds. The molecule has 0 aliphatic rings. The number of fused-ring (bicyclic) bond motifs is 1. The van der Waals surface area contributed by atoms with Crippen molar-refractivity contribution in [2.45, 2.75) is 0 Å². The summed E-state index contributed by atoms with van der Waals surface area (Å²) < 4.78 is 39.1. The van der Waals surface area contributed by atoms with E-state index in [9.17, 15) is 10.1 Å². The minimum absolute atomic E-state index is 0.0872. The van der Waals surface area contributed by atoms with Gasteiger partial charge in [0.25, 0.3) is 5.69 Å². The molecule has 11 heteroatoms. The van der Waals surface area contributed by atoms with Crippen molar-refractivity contribution in [3.05, 3.63) is 69.6 Å². The predicted octanol–water partition coefficient (Wildman–Crippen LogP) is 5.38. The molecule has 1 aromatic heterocycles. The first-order valence-electron chi connectivity index (χ1n) is 11.2. The van der Waals surface area contributed by atoms with Crippen LogP contribution in [0.5, 0.6) is 34.5 Å². The number of methoxy groups -OCH3 is 6. The van der Waals surface area contributed by atoms with Crippen molar-refractivity contribution in [2.75, 3.05) is 42.7 Å². The molecule has 0 N–H and O–H groups in total. The number of aromatic nitrogens is 1. The fraction of sp³-hybridized carbons (Fsp3) is 0.222. The van der Waals surface area contributed by atoms with Crippen molar-refractivity contribution in [2.24, 2.45) is 0 Å². The van der Waals surface area contributed by atoms with Gasteiger partial charge in [0.2, 0.25) is 17.4 Å². The largest absolute Gasteiger partial charge is 0.493 e. The van der Waals surface area contributed by atoms with E-state index in [2.05, 4.69) is 4.98 Å². The number of nitrogens with zero attached hydrogens (tertiary/aromatic N) is 2. The molecule has 0 spiro atoms. The highest BCUT2D eigenvalue weighted by atomic mass is 16.6. The van der Waals surface area contributed by atoms with Gasteiger partial charge in [0.15, 0.2) is 28.6 Å². The Labute approximate surface area is 218 Å². The Hall–Kier alpha value is -4.93. The van der Waals surface area contributed by atoms with Crippen LogP contribution in [0.4, 0.5) is 5.69 Å². The standard InChI is InChI=1S/C27H26N2O9/c1-32-21-9-15(10-22(33-2)26(21)36-5)18(16-11-23(34-3)27(37-6)24(12-16)35-4)14-25-28-19-13-17(29(30)31)7-8-20(19)38-25/h7-14H,1-6H3. The van der Waals surface area contributed by atoms with E-state index in [0.717, 1.165) is 0 Å². The predicted molar refractivity (Wildman–Crippen MR) is 140 cm³/mol. The Kier molecular flexibility index (Phi) is 7.56. The number of ether oxygens (including phenoxy) is 6. The van der Waals surface area contributed by atoms with Crippen molar-refractivity contribution >= 4 is 28.4 Å². The molecule has 4 aromatic rings. The molecule has 1 heterocycles. The van der Waals surface area contributed by atoms with Gasteiger partial charge in [-0.2, -0.15) is 0 Å². The molecule has 0 saturated heterocycles. The second kappa shape index (κ2) is 11.0. The van der Waals surface area contributed by atoms with Crippen molar-refractivity contribution < 1.29 is 37.8 Å². The van der Waals surface area contributed by atoms with Gasteiger partial charge in [0, 0.05) is 18.2 Å². The van der Waals surface area contributed by atoms with Gasteiger partial charge in [-0.1, -0.05) is 0 Å². The smallest absolute Gasteiger partial charge is 0.271 e. The van der Waals surface area contributed by atoms with Crippen LogP contribution in [0.1, 0.15) is 17.0 Å². The van der Waals surface area contributed by atoms with Crippen molar-refractivity contribution in [3.8, 4) is 34.5 Å². The molecular weight excluding hydrogens is 496 g/mol. The highest BCUT2D eigenvalue weighted by molar-refractivity contribution is 5.93. The Morgan fingerprint density at radius 3 is 1.63 bits per heavy atom. The maximum atomic E-state index is 11.2. The second-order valence-corrected chi connectivity index (χ2v) is 7.85. The summed E-state index contributed by atoms with van der Waals surface area (Å²) >= 11 is 0. The minimum atomic E-state index is -0.485. The molecule has 38 heavy (non-hydrogen) atoms. The van der Waals surface area contributed by atoms with E-state index in [1.165, 1.54) is 60.9 Å². The van der Waals surface area contributed by atoms with Crippen LogP contribution in [0, 0.1) is 10.1 Å². The normalized spacial score (nSPS) is 10.6. The summed E-state index contributed by atoms with van der Waals surface area (Å²) in [5.74, 6) is 2.83. The lowest BCUT2D eigenvalue weighted by molar-refractivity contribution is -0.384. The van der Waals surface area contributed by atoms with E-state index in [1.54, 1.807) is 30.3 Å². The Balaban J connectivity index is 2.00. The molecule has 0 radical (unpaired) electrons. The fourth-order valence-electron chi connectivity index (χ4n) is 4.04. The number of non-ortho nitro benzene ring substituents is 1. The SMILES string of the molecule is COc1cc(C(=Cc2nc3cc([N+](=O)[O-])ccc3o2)c2cc(OC)c(OC)c(OC)c2)cc(OC)c1OC. The maximum absolute atomic E-state index is 11.2. The van der Waals surface area contributed by atoms with Crippen LogP contribution in [0.3, 0.4) is 0 Å². The van der Waals surface area contributed by atoms with Gasteiger partial charge in [-0.15, -0.1) is 0 Å². The lowest BCUT2D eigenvalue weighted by Crippen LogP contribution is -2.00. The monoisotopic (exact) mass is 522 g/mol. The van der Waals surface area contributed by atoms with Gasteiger partial charge in [-0.05, 0) is 47.0 Å². The summed E-state index contributed by atoms with van der Waals surface area (Å²) in [6.45, 7) is 0. The Morgan fingerprint density at radius 2 is 1.24 bits per heavy atom. The van der Waals surface area contributed by atoms with Gasteiger partial charge in [0.05, 0.1) is 47.6 Å². The number of rotatable bonds is 10. The Bertz CT molecular complexity index is 1410. The molecule has 11 nitrogen and oxygen atoms in total. The number of oxazole rings is 1. The summed E-state index contributed by atoms with van der Waals surface area (Å²) in [5.41, 5.74) is 2.62. The molecule has 0 atom stereocenters. The average molecular weight is 523 g/mol. The highest BCUT2D eigenvalue weighted by Gasteiger charge is 2.21. The number of hydrogen-bond acceptors (Lipinski definition) is 10. The lowest BCUT2D eigenvalue weighted by atomic mass is 9.95. The van der Waals surface area contributed by atoms with Crippen LogP contribution in [-0.4, -0.2) is 52.6 Å². The third-order valence-electron chi connectivity index (χ3n) is 5.82. The first-order chi connectivity index (χ1) is 18.4. The molecule has 0 aliphatic heterocycles. The number of nitro groups is 1. The average Bonchev–Trinajstić information content (AvgIpc) is 3.35. The van der Waals surface area contributed by atoms with E-state index in [1.807, 2.05) is 0 Å². The molecule has 0 aliphatic carbocycles. The fourth-order valence-corrected chi connectivity index (χ4v) is 4.04. The van der Waals surface area contributed by atoms with Crippen molar-refractivity contribution in [3.63, 3.8) is 0 Å². The van der Waals surface area contributed by atoms with Crippen LogP contribution >= 0.6 is 0 Å². The first-order valence-corrected chi connectivity index (χ1v) is 11.2. The molecule has 0 bridgehead atoms.